The van der Waals surface area contributed by atoms with Crippen molar-refractivity contribution in [2.75, 3.05) is 6.54 Å². The van der Waals surface area contributed by atoms with E-state index in [2.05, 4.69) is 10.6 Å². The van der Waals surface area contributed by atoms with Gasteiger partial charge in [-0.15, -0.1) is 0 Å². The Kier molecular flexibility index (Phi) is 4.11. The number of hydrogen-bond donors (Lipinski definition) is 3. The highest BCUT2D eigenvalue weighted by molar-refractivity contribution is 5.81. The molecule has 0 aromatic carbocycles. The standard InChI is InChI=1S/C11H22N2O2/c1-11(2,3)10(15)13-8-6-4-5-7-12-9(8)14/h8-9,12,14H,4-7H2,1-3H3,(H,13,15)/t8-,9?/m0/s1. The van der Waals surface area contributed by atoms with Crippen molar-refractivity contribution in [2.24, 2.45) is 5.41 Å². The molecule has 0 aliphatic carbocycles. The predicted molar refractivity (Wildman–Crippen MR) is 59.2 cm³/mol. The van der Waals surface area contributed by atoms with Gasteiger partial charge >= 0.3 is 0 Å². The zero-order chi connectivity index (χ0) is 11.5. The monoisotopic (exact) mass is 214 g/mol. The van der Waals surface area contributed by atoms with E-state index in [9.17, 15) is 9.90 Å². The van der Waals surface area contributed by atoms with E-state index in [0.29, 0.717) is 0 Å². The Labute approximate surface area is 91.4 Å². The second-order valence-electron chi connectivity index (χ2n) is 5.22. The molecule has 3 N–H and O–H groups in total. The number of carbonyl (C=O) groups is 1. The third kappa shape index (κ3) is 3.80. The van der Waals surface area contributed by atoms with Crippen molar-refractivity contribution in [1.29, 1.82) is 0 Å². The molecule has 1 heterocycles. The third-order valence-corrected chi connectivity index (χ3v) is 2.67. The summed E-state index contributed by atoms with van der Waals surface area (Å²) in [6.07, 6.45) is 2.33. The van der Waals surface area contributed by atoms with Gasteiger partial charge < -0.3 is 10.4 Å². The summed E-state index contributed by atoms with van der Waals surface area (Å²) in [5.41, 5.74) is -0.397. The lowest BCUT2D eigenvalue weighted by molar-refractivity contribution is -0.130. The Hall–Kier alpha value is -0.610. The van der Waals surface area contributed by atoms with Crippen LogP contribution in [0.15, 0.2) is 0 Å². The first-order valence-corrected chi connectivity index (χ1v) is 5.63. The Balaban J connectivity index is 2.52. The maximum Gasteiger partial charge on any atom is 0.225 e. The highest BCUT2D eigenvalue weighted by Crippen LogP contribution is 2.15. The van der Waals surface area contributed by atoms with E-state index in [0.717, 1.165) is 25.8 Å². The summed E-state index contributed by atoms with van der Waals surface area (Å²) in [4.78, 5) is 11.7. The fourth-order valence-electron chi connectivity index (χ4n) is 1.58. The molecule has 0 bridgehead atoms. The molecule has 0 aromatic heterocycles. The third-order valence-electron chi connectivity index (χ3n) is 2.67. The first-order valence-electron chi connectivity index (χ1n) is 5.63. The number of rotatable bonds is 1. The summed E-state index contributed by atoms with van der Waals surface area (Å²) >= 11 is 0. The average Bonchev–Trinajstić information content (AvgIpc) is 2.30. The van der Waals surface area contributed by atoms with Gasteiger partial charge in [0.05, 0.1) is 6.04 Å². The quantitative estimate of drug-likeness (QED) is 0.599. The predicted octanol–water partition coefficient (Wildman–Crippen LogP) is 0.609. The molecule has 4 heteroatoms. The first-order chi connectivity index (χ1) is 6.91. The highest BCUT2D eigenvalue weighted by atomic mass is 16.3. The van der Waals surface area contributed by atoms with E-state index < -0.39 is 11.6 Å². The molecule has 0 radical (unpaired) electrons. The SMILES string of the molecule is CC(C)(C)C(=O)N[C@H]1CCCCNC1O. The molecule has 1 rings (SSSR count). The maximum atomic E-state index is 11.7. The Morgan fingerprint density at radius 1 is 1.40 bits per heavy atom. The van der Waals surface area contributed by atoms with Crippen molar-refractivity contribution in [1.82, 2.24) is 10.6 Å². The summed E-state index contributed by atoms with van der Waals surface area (Å²) in [5, 5.41) is 15.6. The molecule has 1 aliphatic rings. The van der Waals surface area contributed by atoms with Crippen molar-refractivity contribution in [3.05, 3.63) is 0 Å². The van der Waals surface area contributed by atoms with Gasteiger partial charge in [-0.3, -0.25) is 10.1 Å². The number of aliphatic hydroxyl groups excluding tert-OH is 1. The molecule has 0 aromatic rings. The number of aliphatic hydroxyl groups is 1. The maximum absolute atomic E-state index is 11.7. The lowest BCUT2D eigenvalue weighted by atomic mass is 9.94. The number of amides is 1. The second-order valence-corrected chi connectivity index (χ2v) is 5.22. The molecule has 1 amide bonds. The average molecular weight is 214 g/mol. The Morgan fingerprint density at radius 3 is 2.67 bits per heavy atom. The van der Waals surface area contributed by atoms with Crippen LogP contribution in [0.2, 0.25) is 0 Å². The van der Waals surface area contributed by atoms with Crippen LogP contribution in [0.25, 0.3) is 0 Å². The highest BCUT2D eigenvalue weighted by Gasteiger charge is 2.28. The lowest BCUT2D eigenvalue weighted by Gasteiger charge is -2.26. The van der Waals surface area contributed by atoms with E-state index in [4.69, 9.17) is 0 Å². The Bertz CT molecular complexity index is 223. The molecule has 1 aliphatic heterocycles. The fourth-order valence-corrected chi connectivity index (χ4v) is 1.58. The molecule has 1 saturated heterocycles. The normalized spacial score (nSPS) is 28.3. The van der Waals surface area contributed by atoms with Gasteiger partial charge in [0.25, 0.3) is 0 Å². The molecular weight excluding hydrogens is 192 g/mol. The van der Waals surface area contributed by atoms with E-state index >= 15 is 0 Å². The minimum absolute atomic E-state index is 0.00440. The van der Waals surface area contributed by atoms with Gasteiger partial charge in [-0.1, -0.05) is 20.8 Å². The summed E-state index contributed by atoms with van der Waals surface area (Å²) in [7, 11) is 0. The summed E-state index contributed by atoms with van der Waals surface area (Å²) in [6.45, 7) is 6.44. The van der Waals surface area contributed by atoms with Gasteiger partial charge in [0.1, 0.15) is 6.23 Å². The van der Waals surface area contributed by atoms with Gasteiger partial charge in [0.15, 0.2) is 0 Å². The van der Waals surface area contributed by atoms with Crippen molar-refractivity contribution in [3.8, 4) is 0 Å². The summed E-state index contributed by atoms with van der Waals surface area (Å²) < 4.78 is 0. The van der Waals surface area contributed by atoms with Crippen LogP contribution >= 0.6 is 0 Å². The van der Waals surface area contributed by atoms with Crippen molar-refractivity contribution >= 4 is 5.91 Å². The molecule has 88 valence electrons. The summed E-state index contributed by atoms with van der Waals surface area (Å²) in [5.74, 6) is -0.00440. The zero-order valence-electron chi connectivity index (χ0n) is 9.84. The first kappa shape index (κ1) is 12.5. The van der Waals surface area contributed by atoms with Gasteiger partial charge in [0.2, 0.25) is 5.91 Å². The van der Waals surface area contributed by atoms with E-state index in [-0.39, 0.29) is 11.9 Å². The number of hydrogen-bond acceptors (Lipinski definition) is 3. The molecule has 15 heavy (non-hydrogen) atoms. The fraction of sp³-hybridized carbons (Fsp3) is 0.909. The van der Waals surface area contributed by atoms with Crippen molar-refractivity contribution in [3.63, 3.8) is 0 Å². The van der Waals surface area contributed by atoms with Crippen molar-refractivity contribution < 1.29 is 9.90 Å². The Morgan fingerprint density at radius 2 is 2.07 bits per heavy atom. The largest absolute Gasteiger partial charge is 0.376 e. The van der Waals surface area contributed by atoms with Gasteiger partial charge in [-0.05, 0) is 25.8 Å². The molecule has 0 saturated carbocycles. The number of nitrogens with one attached hydrogen (secondary N) is 2. The van der Waals surface area contributed by atoms with Gasteiger partial charge in [-0.2, -0.15) is 0 Å². The molecule has 1 unspecified atom stereocenters. The van der Waals surface area contributed by atoms with Crippen LogP contribution < -0.4 is 10.6 Å². The zero-order valence-corrected chi connectivity index (χ0v) is 9.84. The van der Waals surface area contributed by atoms with Crippen LogP contribution in [0.1, 0.15) is 40.0 Å². The minimum Gasteiger partial charge on any atom is -0.376 e. The molecule has 0 spiro atoms. The van der Waals surface area contributed by atoms with Crippen LogP contribution in [0.4, 0.5) is 0 Å². The van der Waals surface area contributed by atoms with Crippen LogP contribution in [0.3, 0.4) is 0 Å². The topological polar surface area (TPSA) is 61.4 Å². The van der Waals surface area contributed by atoms with E-state index in [1.165, 1.54) is 0 Å². The van der Waals surface area contributed by atoms with Crippen molar-refractivity contribution in [2.45, 2.75) is 52.3 Å². The van der Waals surface area contributed by atoms with Crippen LogP contribution in [-0.2, 0) is 4.79 Å². The van der Waals surface area contributed by atoms with Crippen LogP contribution in [-0.4, -0.2) is 29.8 Å². The van der Waals surface area contributed by atoms with Gasteiger partial charge in [0, 0.05) is 5.41 Å². The van der Waals surface area contributed by atoms with Gasteiger partial charge in [-0.25, -0.2) is 0 Å². The molecular formula is C11H22N2O2. The smallest absolute Gasteiger partial charge is 0.225 e. The molecule has 4 nitrogen and oxygen atoms in total. The number of carbonyl (C=O) groups excluding carboxylic acids is 1. The minimum atomic E-state index is -0.612. The summed E-state index contributed by atoms with van der Waals surface area (Å²) in [6, 6.07) is -0.153. The van der Waals surface area contributed by atoms with E-state index in [1.807, 2.05) is 20.8 Å². The van der Waals surface area contributed by atoms with E-state index in [1.54, 1.807) is 0 Å². The lowest BCUT2D eigenvalue weighted by Crippen LogP contribution is -2.51. The van der Waals surface area contributed by atoms with Crippen LogP contribution in [0, 0.1) is 5.41 Å². The van der Waals surface area contributed by atoms with Crippen LogP contribution in [0.5, 0.6) is 0 Å². The molecule has 2 atom stereocenters. The molecule has 1 fully saturated rings. The second kappa shape index (κ2) is 4.94.